The van der Waals surface area contributed by atoms with Crippen LogP contribution in [0.2, 0.25) is 0 Å². The van der Waals surface area contributed by atoms with E-state index in [0.29, 0.717) is 0 Å². The number of carboxylic acids is 1. The van der Waals surface area contributed by atoms with E-state index >= 15 is 0 Å². The third-order valence-corrected chi connectivity index (χ3v) is 1.64. The van der Waals surface area contributed by atoms with Crippen molar-refractivity contribution in [3.8, 4) is 0 Å². The second-order valence-corrected chi connectivity index (χ2v) is 3.24. The Morgan fingerprint density at radius 1 is 1.12 bits per heavy atom. The molecule has 0 fully saturated rings. The van der Waals surface area contributed by atoms with Gasteiger partial charge in [0, 0.05) is 0 Å². The molecule has 0 saturated heterocycles. The van der Waals surface area contributed by atoms with Gasteiger partial charge in [0.2, 0.25) is 0 Å². The lowest BCUT2D eigenvalue weighted by atomic mass is 10.3. The van der Waals surface area contributed by atoms with Gasteiger partial charge in [0.25, 0.3) is 0 Å². The summed E-state index contributed by atoms with van der Waals surface area (Å²) in [5, 5.41) is 26.3. The molecule has 3 unspecified atom stereocenters. The van der Waals surface area contributed by atoms with E-state index in [1.807, 2.05) is 0 Å². The predicted octanol–water partition coefficient (Wildman–Crippen LogP) is -1.71. The van der Waals surface area contributed by atoms with Crippen molar-refractivity contribution in [2.24, 2.45) is 0 Å². The van der Waals surface area contributed by atoms with Gasteiger partial charge in [-0.1, -0.05) is 0 Å². The second-order valence-electron chi connectivity index (χ2n) is 3.24. The number of carbonyl (C=O) groups is 3. The number of hydrogen-bond donors (Lipinski definition) is 3. The third-order valence-electron chi connectivity index (χ3n) is 1.64. The molecule has 3 atom stereocenters. The van der Waals surface area contributed by atoms with Crippen molar-refractivity contribution in [3.05, 3.63) is 0 Å². The molecular formula is C9H14O8. The van der Waals surface area contributed by atoms with Crippen molar-refractivity contribution in [2.45, 2.75) is 32.2 Å². The summed E-state index contributed by atoms with van der Waals surface area (Å²) in [6.07, 6.45) is -4.58. The molecule has 0 radical (unpaired) electrons. The Morgan fingerprint density at radius 3 is 2.06 bits per heavy atom. The van der Waals surface area contributed by atoms with Crippen LogP contribution in [0.5, 0.6) is 0 Å². The molecule has 8 nitrogen and oxygen atoms in total. The Balaban J connectivity index is 4.06. The topological polar surface area (TPSA) is 130 Å². The maximum absolute atomic E-state index is 11.1. The average Bonchev–Trinajstić information content (AvgIpc) is 2.24. The van der Waals surface area contributed by atoms with Gasteiger partial charge in [-0.2, -0.15) is 0 Å². The Kier molecular flexibility index (Phi) is 6.15. The van der Waals surface area contributed by atoms with Crippen molar-refractivity contribution < 1.29 is 39.2 Å². The van der Waals surface area contributed by atoms with Crippen LogP contribution in [0, 0.1) is 0 Å². The number of carboxylic acid groups (broad SMARTS) is 1. The third kappa shape index (κ3) is 5.83. The Labute approximate surface area is 96.8 Å². The van der Waals surface area contributed by atoms with Crippen molar-refractivity contribution in [2.75, 3.05) is 6.61 Å². The molecule has 0 aliphatic rings. The van der Waals surface area contributed by atoms with Gasteiger partial charge in [0.15, 0.2) is 12.2 Å². The monoisotopic (exact) mass is 250 g/mol. The summed E-state index contributed by atoms with van der Waals surface area (Å²) in [7, 11) is 0. The second kappa shape index (κ2) is 6.81. The maximum atomic E-state index is 11.1. The van der Waals surface area contributed by atoms with Crippen molar-refractivity contribution >= 4 is 17.9 Å². The summed E-state index contributed by atoms with van der Waals surface area (Å²) in [6, 6.07) is 0. The molecule has 0 amide bonds. The van der Waals surface area contributed by atoms with E-state index in [0.717, 1.165) is 13.8 Å². The van der Waals surface area contributed by atoms with Gasteiger partial charge in [-0.25, -0.2) is 14.4 Å². The smallest absolute Gasteiger partial charge is 0.344 e. The normalized spacial score (nSPS) is 15.5. The summed E-state index contributed by atoms with van der Waals surface area (Å²) in [5.41, 5.74) is 0. The molecule has 0 rings (SSSR count). The number of rotatable bonds is 6. The SMILES string of the molecule is CC(O)C(=O)OCC(O)C(=O)OC(C)C(=O)O. The zero-order chi connectivity index (χ0) is 13.6. The first kappa shape index (κ1) is 15.3. The van der Waals surface area contributed by atoms with E-state index in [2.05, 4.69) is 9.47 Å². The summed E-state index contributed by atoms with van der Waals surface area (Å²) in [6.45, 7) is 1.54. The number of aliphatic hydroxyl groups is 2. The minimum Gasteiger partial charge on any atom is -0.479 e. The zero-order valence-electron chi connectivity index (χ0n) is 9.32. The molecule has 0 aliphatic carbocycles. The number of esters is 2. The van der Waals surface area contributed by atoms with Gasteiger partial charge < -0.3 is 24.8 Å². The minimum absolute atomic E-state index is 0.713. The van der Waals surface area contributed by atoms with E-state index in [4.69, 9.17) is 15.3 Å². The molecule has 0 aromatic carbocycles. The fourth-order valence-electron chi connectivity index (χ4n) is 0.653. The quantitative estimate of drug-likeness (QED) is 0.475. The highest BCUT2D eigenvalue weighted by Crippen LogP contribution is 1.98. The molecule has 8 heteroatoms. The van der Waals surface area contributed by atoms with Crippen LogP contribution in [-0.2, 0) is 23.9 Å². The largest absolute Gasteiger partial charge is 0.479 e. The van der Waals surface area contributed by atoms with Gasteiger partial charge in [0.1, 0.15) is 12.7 Å². The van der Waals surface area contributed by atoms with E-state index < -0.39 is 42.8 Å². The van der Waals surface area contributed by atoms with Gasteiger partial charge in [0.05, 0.1) is 0 Å². The molecule has 0 aliphatic heterocycles. The zero-order valence-corrected chi connectivity index (χ0v) is 9.32. The fraction of sp³-hybridized carbons (Fsp3) is 0.667. The molecular weight excluding hydrogens is 236 g/mol. The molecule has 0 aromatic rings. The van der Waals surface area contributed by atoms with Gasteiger partial charge in [-0.3, -0.25) is 0 Å². The first-order valence-electron chi connectivity index (χ1n) is 4.71. The first-order chi connectivity index (χ1) is 7.75. The van der Waals surface area contributed by atoms with Crippen LogP contribution < -0.4 is 0 Å². The highest BCUT2D eigenvalue weighted by Gasteiger charge is 2.24. The number of carbonyl (C=O) groups excluding carboxylic acids is 2. The highest BCUT2D eigenvalue weighted by atomic mass is 16.6. The van der Waals surface area contributed by atoms with Crippen LogP contribution in [0.25, 0.3) is 0 Å². The van der Waals surface area contributed by atoms with Crippen molar-refractivity contribution in [3.63, 3.8) is 0 Å². The highest BCUT2D eigenvalue weighted by molar-refractivity contribution is 5.80. The Bertz CT molecular complexity index is 297. The Morgan fingerprint density at radius 2 is 1.65 bits per heavy atom. The van der Waals surface area contributed by atoms with Gasteiger partial charge in [-0.05, 0) is 13.8 Å². The average molecular weight is 250 g/mol. The standard InChI is InChI=1S/C9H14O8/c1-4(10)8(14)16-3-6(11)9(15)17-5(2)7(12)13/h4-6,10-11H,3H2,1-2H3,(H,12,13). The summed E-state index contributed by atoms with van der Waals surface area (Å²) in [4.78, 5) is 32.2. The van der Waals surface area contributed by atoms with Crippen LogP contribution >= 0.6 is 0 Å². The summed E-state index contributed by atoms with van der Waals surface area (Å²) in [5.74, 6) is -3.60. The van der Waals surface area contributed by atoms with E-state index in [-0.39, 0.29) is 0 Å². The molecule has 3 N–H and O–H groups in total. The van der Waals surface area contributed by atoms with Crippen LogP contribution in [0.3, 0.4) is 0 Å². The summed E-state index contributed by atoms with van der Waals surface area (Å²) >= 11 is 0. The number of aliphatic carboxylic acids is 1. The Hall–Kier alpha value is -1.67. The number of aliphatic hydroxyl groups excluding tert-OH is 2. The minimum atomic E-state index is -1.79. The van der Waals surface area contributed by atoms with Crippen LogP contribution in [-0.4, -0.2) is 58.1 Å². The van der Waals surface area contributed by atoms with E-state index in [1.165, 1.54) is 0 Å². The van der Waals surface area contributed by atoms with Crippen LogP contribution in [0.4, 0.5) is 0 Å². The molecule has 98 valence electrons. The predicted molar refractivity (Wildman–Crippen MR) is 51.8 cm³/mol. The summed E-state index contributed by atoms with van der Waals surface area (Å²) < 4.78 is 8.67. The lowest BCUT2D eigenvalue weighted by molar-refractivity contribution is -0.173. The van der Waals surface area contributed by atoms with Crippen LogP contribution in [0.1, 0.15) is 13.8 Å². The van der Waals surface area contributed by atoms with Crippen LogP contribution in [0.15, 0.2) is 0 Å². The van der Waals surface area contributed by atoms with Crippen molar-refractivity contribution in [1.29, 1.82) is 0 Å². The van der Waals surface area contributed by atoms with E-state index in [9.17, 15) is 14.4 Å². The van der Waals surface area contributed by atoms with Gasteiger partial charge in [-0.15, -0.1) is 0 Å². The molecule has 0 spiro atoms. The lowest BCUT2D eigenvalue weighted by Gasteiger charge is -2.13. The molecule has 17 heavy (non-hydrogen) atoms. The number of hydrogen-bond acceptors (Lipinski definition) is 7. The lowest BCUT2D eigenvalue weighted by Crippen LogP contribution is -2.35. The molecule has 0 aromatic heterocycles. The molecule has 0 bridgehead atoms. The van der Waals surface area contributed by atoms with Gasteiger partial charge >= 0.3 is 17.9 Å². The van der Waals surface area contributed by atoms with E-state index in [1.54, 1.807) is 0 Å². The fourth-order valence-corrected chi connectivity index (χ4v) is 0.653. The first-order valence-corrected chi connectivity index (χ1v) is 4.71. The molecule has 0 saturated carbocycles. The maximum Gasteiger partial charge on any atom is 0.344 e. The number of ether oxygens (including phenoxy) is 2. The molecule has 0 heterocycles. The van der Waals surface area contributed by atoms with Crippen molar-refractivity contribution in [1.82, 2.24) is 0 Å².